The molecule has 0 aromatic heterocycles. The summed E-state index contributed by atoms with van der Waals surface area (Å²) in [5, 5.41) is 0. The van der Waals surface area contributed by atoms with Crippen LogP contribution in [0.4, 0.5) is 0 Å². The van der Waals surface area contributed by atoms with Crippen LogP contribution in [0, 0.1) is 5.92 Å². The largest absolute Gasteiger partial charge is 0.300 e. The fourth-order valence-corrected chi connectivity index (χ4v) is 4.12. The molecule has 0 unspecified atom stereocenters. The number of hydrogen-bond acceptors (Lipinski definition) is 1. The van der Waals surface area contributed by atoms with E-state index in [0.717, 1.165) is 12.0 Å². The number of piperidine rings is 1. The highest BCUT2D eigenvalue weighted by Gasteiger charge is 2.31. The van der Waals surface area contributed by atoms with Crippen molar-refractivity contribution in [3.05, 3.63) is 35.4 Å². The van der Waals surface area contributed by atoms with E-state index in [4.69, 9.17) is 0 Å². The second kappa shape index (κ2) is 6.76. The highest BCUT2D eigenvalue weighted by atomic mass is 15.2. The fourth-order valence-electron chi connectivity index (χ4n) is 4.12. The molecule has 1 aromatic rings. The maximum atomic E-state index is 2.82. The summed E-state index contributed by atoms with van der Waals surface area (Å²) in [5.41, 5.74) is 3.26. The molecular formula is C19H29N. The molecule has 110 valence electrons. The lowest BCUT2D eigenvalue weighted by Crippen LogP contribution is -2.46. The first-order valence-corrected chi connectivity index (χ1v) is 8.67. The summed E-state index contributed by atoms with van der Waals surface area (Å²) in [6, 6.07) is 9.98. The normalized spacial score (nSPS) is 26.1. The van der Waals surface area contributed by atoms with E-state index in [9.17, 15) is 0 Å². The first-order chi connectivity index (χ1) is 9.86. The minimum Gasteiger partial charge on any atom is -0.300 e. The predicted octanol–water partition coefficient (Wildman–Crippen LogP) is 4.45. The summed E-state index contributed by atoms with van der Waals surface area (Å²) in [6.45, 7) is 4.99. The van der Waals surface area contributed by atoms with Gasteiger partial charge in [0.1, 0.15) is 0 Å². The van der Waals surface area contributed by atoms with E-state index in [-0.39, 0.29) is 0 Å². The predicted molar refractivity (Wildman–Crippen MR) is 86.1 cm³/mol. The molecule has 2 aliphatic heterocycles. The van der Waals surface area contributed by atoms with E-state index in [1.54, 1.807) is 11.1 Å². The monoisotopic (exact) mass is 271 g/mol. The van der Waals surface area contributed by atoms with Crippen LogP contribution in [-0.2, 0) is 12.8 Å². The van der Waals surface area contributed by atoms with E-state index in [2.05, 4.69) is 36.1 Å². The topological polar surface area (TPSA) is 3.24 Å². The van der Waals surface area contributed by atoms with Gasteiger partial charge in [0.05, 0.1) is 0 Å². The van der Waals surface area contributed by atoms with Crippen LogP contribution >= 0.6 is 0 Å². The molecule has 0 N–H and O–H groups in total. The molecule has 1 fully saturated rings. The molecule has 0 saturated carbocycles. The first-order valence-electron chi connectivity index (χ1n) is 8.67. The van der Waals surface area contributed by atoms with E-state index in [1.807, 2.05) is 0 Å². The summed E-state index contributed by atoms with van der Waals surface area (Å²) < 4.78 is 0. The Morgan fingerprint density at radius 3 is 2.60 bits per heavy atom. The van der Waals surface area contributed by atoms with Gasteiger partial charge in [-0.2, -0.15) is 0 Å². The second-order valence-corrected chi connectivity index (χ2v) is 6.83. The molecule has 2 atom stereocenters. The van der Waals surface area contributed by atoms with Crippen LogP contribution in [0.1, 0.15) is 56.6 Å². The SMILES string of the molecule is CCCCCCN1C[C@@H]2CC[C@H]1Cc1ccccc1C2. The van der Waals surface area contributed by atoms with Gasteiger partial charge in [0, 0.05) is 12.6 Å². The van der Waals surface area contributed by atoms with Gasteiger partial charge in [-0.05, 0) is 55.7 Å². The van der Waals surface area contributed by atoms with Crippen molar-refractivity contribution < 1.29 is 0 Å². The summed E-state index contributed by atoms with van der Waals surface area (Å²) in [7, 11) is 0. The van der Waals surface area contributed by atoms with Gasteiger partial charge in [0.2, 0.25) is 0 Å². The summed E-state index contributed by atoms with van der Waals surface area (Å²) in [6.07, 6.45) is 11.0. The van der Waals surface area contributed by atoms with Gasteiger partial charge < -0.3 is 0 Å². The molecule has 2 heterocycles. The molecule has 1 aliphatic carbocycles. The first kappa shape index (κ1) is 14.1. The summed E-state index contributed by atoms with van der Waals surface area (Å²) in [5.74, 6) is 0.902. The zero-order valence-corrected chi connectivity index (χ0v) is 13.0. The van der Waals surface area contributed by atoms with Crippen molar-refractivity contribution in [2.45, 2.75) is 64.3 Å². The van der Waals surface area contributed by atoms with Crippen LogP contribution in [0.2, 0.25) is 0 Å². The van der Waals surface area contributed by atoms with Gasteiger partial charge >= 0.3 is 0 Å². The lowest BCUT2D eigenvalue weighted by Gasteiger charge is -2.42. The van der Waals surface area contributed by atoms with Gasteiger partial charge in [-0.15, -0.1) is 0 Å². The van der Waals surface area contributed by atoms with Crippen molar-refractivity contribution in [2.24, 2.45) is 5.92 Å². The van der Waals surface area contributed by atoms with Crippen LogP contribution in [0.25, 0.3) is 0 Å². The molecule has 0 spiro atoms. The molecule has 0 amide bonds. The Hall–Kier alpha value is -0.820. The maximum absolute atomic E-state index is 2.82. The number of hydrogen-bond donors (Lipinski definition) is 0. The van der Waals surface area contributed by atoms with Gasteiger partial charge in [-0.25, -0.2) is 0 Å². The lowest BCUT2D eigenvalue weighted by molar-refractivity contribution is 0.0990. The number of fused-ring (bicyclic) bond motifs is 2. The summed E-state index contributed by atoms with van der Waals surface area (Å²) >= 11 is 0. The standard InChI is InChI=1S/C19H29N/c1-2-3-4-7-12-20-15-16-10-11-19(20)14-18-9-6-5-8-17(18)13-16/h5-6,8-9,16,19H,2-4,7,10-15H2,1H3/t16-,19+/m1/s1. The van der Waals surface area contributed by atoms with Crippen molar-refractivity contribution in [2.75, 3.05) is 13.1 Å². The Balaban J connectivity index is 1.66. The van der Waals surface area contributed by atoms with Crippen LogP contribution in [0.5, 0.6) is 0 Å². The molecular weight excluding hydrogens is 242 g/mol. The molecule has 1 nitrogen and oxygen atoms in total. The van der Waals surface area contributed by atoms with Crippen molar-refractivity contribution in [1.82, 2.24) is 4.90 Å². The van der Waals surface area contributed by atoms with Crippen molar-refractivity contribution in [3.8, 4) is 0 Å². The van der Waals surface area contributed by atoms with Gasteiger partial charge in [-0.3, -0.25) is 4.90 Å². The van der Waals surface area contributed by atoms with E-state index >= 15 is 0 Å². The fraction of sp³-hybridized carbons (Fsp3) is 0.684. The van der Waals surface area contributed by atoms with E-state index in [0.29, 0.717) is 0 Å². The van der Waals surface area contributed by atoms with Crippen molar-refractivity contribution >= 4 is 0 Å². The van der Waals surface area contributed by atoms with Crippen LogP contribution in [0.15, 0.2) is 24.3 Å². The molecule has 4 rings (SSSR count). The Morgan fingerprint density at radius 1 is 1.00 bits per heavy atom. The van der Waals surface area contributed by atoms with Gasteiger partial charge in [0.25, 0.3) is 0 Å². The van der Waals surface area contributed by atoms with Crippen LogP contribution in [-0.4, -0.2) is 24.0 Å². The molecule has 3 aliphatic rings. The molecule has 2 bridgehead atoms. The molecule has 20 heavy (non-hydrogen) atoms. The maximum Gasteiger partial charge on any atom is 0.0136 e. The Labute approximate surface area is 124 Å². The average molecular weight is 271 g/mol. The van der Waals surface area contributed by atoms with E-state index in [1.165, 1.54) is 64.5 Å². The molecule has 1 heteroatoms. The quantitative estimate of drug-likeness (QED) is 0.715. The molecule has 1 aromatic carbocycles. The van der Waals surface area contributed by atoms with Gasteiger partial charge in [0.15, 0.2) is 0 Å². The lowest BCUT2D eigenvalue weighted by atomic mass is 9.80. The number of unbranched alkanes of at least 4 members (excludes halogenated alkanes) is 3. The highest BCUT2D eigenvalue weighted by molar-refractivity contribution is 5.29. The highest BCUT2D eigenvalue weighted by Crippen LogP contribution is 2.32. The Kier molecular flexibility index (Phi) is 4.77. The zero-order chi connectivity index (χ0) is 13.8. The van der Waals surface area contributed by atoms with Gasteiger partial charge in [-0.1, -0.05) is 50.5 Å². The minimum atomic E-state index is 0.814. The Bertz CT molecular complexity index is 426. The zero-order valence-electron chi connectivity index (χ0n) is 13.0. The second-order valence-electron chi connectivity index (χ2n) is 6.83. The number of nitrogens with zero attached hydrogens (tertiary/aromatic N) is 1. The smallest absolute Gasteiger partial charge is 0.0136 e. The molecule has 1 saturated heterocycles. The summed E-state index contributed by atoms with van der Waals surface area (Å²) in [4.78, 5) is 2.82. The average Bonchev–Trinajstić information content (AvgIpc) is 2.44. The number of rotatable bonds is 5. The third-order valence-electron chi connectivity index (χ3n) is 5.30. The minimum absolute atomic E-state index is 0.814. The van der Waals surface area contributed by atoms with Crippen molar-refractivity contribution in [1.29, 1.82) is 0 Å². The molecule has 0 radical (unpaired) electrons. The van der Waals surface area contributed by atoms with Crippen LogP contribution < -0.4 is 0 Å². The van der Waals surface area contributed by atoms with Crippen molar-refractivity contribution in [3.63, 3.8) is 0 Å². The third-order valence-corrected chi connectivity index (χ3v) is 5.30. The Morgan fingerprint density at radius 2 is 1.80 bits per heavy atom. The number of benzene rings is 1. The van der Waals surface area contributed by atoms with E-state index < -0.39 is 0 Å². The van der Waals surface area contributed by atoms with Crippen LogP contribution in [0.3, 0.4) is 0 Å². The third kappa shape index (κ3) is 3.25.